The Morgan fingerprint density at radius 1 is 0.952 bits per heavy atom. The predicted octanol–water partition coefficient (Wildman–Crippen LogP) is 3.54. The summed E-state index contributed by atoms with van der Waals surface area (Å²) >= 11 is 0. The molecule has 1 unspecified atom stereocenters. The smallest absolute Gasteiger partial charge is 0.205 e. The second kappa shape index (κ2) is 5.56. The summed E-state index contributed by atoms with van der Waals surface area (Å²) in [5, 5.41) is 9.35. The molecule has 1 aliphatic rings. The molecule has 2 aromatic carbocycles. The first-order valence-corrected chi connectivity index (χ1v) is 6.69. The summed E-state index contributed by atoms with van der Waals surface area (Å²) in [4.78, 5) is 0. The van der Waals surface area contributed by atoms with Crippen LogP contribution in [-0.4, -0.2) is 0 Å². The van der Waals surface area contributed by atoms with Gasteiger partial charge in [-0.15, -0.1) is 0 Å². The highest BCUT2D eigenvalue weighted by Crippen LogP contribution is 2.35. The van der Waals surface area contributed by atoms with E-state index in [4.69, 9.17) is 10.5 Å². The lowest BCUT2D eigenvalue weighted by Crippen LogP contribution is -2.16. The first kappa shape index (κ1) is 13.0. The maximum Gasteiger partial charge on any atom is 0.205 e. The quantitative estimate of drug-likeness (QED) is 0.911. The van der Waals surface area contributed by atoms with Crippen molar-refractivity contribution in [1.29, 1.82) is 5.26 Å². The van der Waals surface area contributed by atoms with Gasteiger partial charge in [0.05, 0.1) is 0 Å². The van der Waals surface area contributed by atoms with Crippen LogP contribution in [0.15, 0.2) is 78.2 Å². The third-order valence-corrected chi connectivity index (χ3v) is 3.45. The van der Waals surface area contributed by atoms with E-state index >= 15 is 0 Å². The molecule has 0 fully saturated rings. The monoisotopic (exact) mass is 274 g/mol. The van der Waals surface area contributed by atoms with Gasteiger partial charge in [-0.1, -0.05) is 60.7 Å². The van der Waals surface area contributed by atoms with Crippen molar-refractivity contribution in [2.45, 2.75) is 5.92 Å². The number of nitrogens with zero attached hydrogens (tertiary/aromatic N) is 1. The average molecular weight is 274 g/mol. The number of hydrogen-bond acceptors (Lipinski definition) is 3. The number of rotatable bonds is 2. The van der Waals surface area contributed by atoms with Crippen LogP contribution in [0.25, 0.3) is 5.76 Å². The van der Waals surface area contributed by atoms with Crippen molar-refractivity contribution in [2.24, 2.45) is 5.73 Å². The zero-order chi connectivity index (χ0) is 14.7. The van der Waals surface area contributed by atoms with Crippen LogP contribution in [0.2, 0.25) is 0 Å². The van der Waals surface area contributed by atoms with Gasteiger partial charge in [-0.3, -0.25) is 0 Å². The molecule has 0 aromatic heterocycles. The number of hydrogen-bond donors (Lipinski definition) is 1. The van der Waals surface area contributed by atoms with E-state index in [-0.39, 0.29) is 11.8 Å². The maximum absolute atomic E-state index is 9.35. The van der Waals surface area contributed by atoms with Gasteiger partial charge in [-0.25, -0.2) is 0 Å². The van der Waals surface area contributed by atoms with Crippen molar-refractivity contribution in [2.75, 3.05) is 0 Å². The number of benzene rings is 2. The number of nitriles is 1. The molecular weight excluding hydrogens is 260 g/mol. The van der Waals surface area contributed by atoms with E-state index in [1.165, 1.54) is 0 Å². The van der Waals surface area contributed by atoms with E-state index < -0.39 is 0 Å². The van der Waals surface area contributed by atoms with Gasteiger partial charge in [0.2, 0.25) is 5.88 Å². The lowest BCUT2D eigenvalue weighted by atomic mass is 9.89. The summed E-state index contributed by atoms with van der Waals surface area (Å²) in [6.07, 6.45) is 1.94. The minimum atomic E-state index is -0.180. The van der Waals surface area contributed by atoms with Gasteiger partial charge in [-0.2, -0.15) is 5.26 Å². The molecule has 0 saturated heterocycles. The molecule has 102 valence electrons. The van der Waals surface area contributed by atoms with Crippen LogP contribution in [0.3, 0.4) is 0 Å². The Labute approximate surface area is 123 Å². The Morgan fingerprint density at radius 2 is 1.57 bits per heavy atom. The van der Waals surface area contributed by atoms with Crippen molar-refractivity contribution in [3.63, 3.8) is 0 Å². The van der Waals surface area contributed by atoms with Gasteiger partial charge in [0.15, 0.2) is 0 Å². The number of allylic oxidation sites excluding steroid dienone is 2. The van der Waals surface area contributed by atoms with Gasteiger partial charge in [0.1, 0.15) is 17.4 Å². The lowest BCUT2D eigenvalue weighted by molar-refractivity contribution is 0.360. The van der Waals surface area contributed by atoms with Crippen LogP contribution in [0, 0.1) is 11.3 Å². The van der Waals surface area contributed by atoms with E-state index in [1.54, 1.807) is 0 Å². The van der Waals surface area contributed by atoms with E-state index in [1.807, 2.05) is 66.7 Å². The van der Waals surface area contributed by atoms with Crippen molar-refractivity contribution < 1.29 is 4.74 Å². The third-order valence-electron chi connectivity index (χ3n) is 3.45. The highest BCUT2D eigenvalue weighted by molar-refractivity contribution is 5.65. The fourth-order valence-electron chi connectivity index (χ4n) is 2.40. The minimum Gasteiger partial charge on any atom is -0.440 e. The summed E-state index contributed by atoms with van der Waals surface area (Å²) in [5.41, 5.74) is 8.35. The van der Waals surface area contributed by atoms with Crippen LogP contribution >= 0.6 is 0 Å². The van der Waals surface area contributed by atoms with Crippen LogP contribution < -0.4 is 5.73 Å². The molecule has 2 N–H and O–H groups in total. The molecule has 1 aliphatic heterocycles. The summed E-state index contributed by atoms with van der Waals surface area (Å²) in [6, 6.07) is 21.7. The molecule has 2 aromatic rings. The number of nitrogens with two attached hydrogens (primary N) is 1. The van der Waals surface area contributed by atoms with Crippen molar-refractivity contribution >= 4 is 5.76 Å². The van der Waals surface area contributed by atoms with Crippen molar-refractivity contribution in [3.05, 3.63) is 89.3 Å². The highest BCUT2D eigenvalue weighted by atomic mass is 16.5. The summed E-state index contributed by atoms with van der Waals surface area (Å²) in [5.74, 6) is 0.675. The Bertz CT molecular complexity index is 740. The molecule has 0 spiro atoms. The molecule has 0 aliphatic carbocycles. The van der Waals surface area contributed by atoms with Crippen LogP contribution in [0.5, 0.6) is 0 Å². The van der Waals surface area contributed by atoms with E-state index in [2.05, 4.69) is 6.07 Å². The third kappa shape index (κ3) is 2.52. The Balaban J connectivity index is 2.07. The molecular formula is C18H14N2O. The molecule has 0 radical (unpaired) electrons. The Kier molecular flexibility index (Phi) is 3.44. The molecule has 3 heteroatoms. The zero-order valence-corrected chi connectivity index (χ0v) is 11.4. The van der Waals surface area contributed by atoms with Crippen LogP contribution in [0.4, 0.5) is 0 Å². The SMILES string of the molecule is N#CC1=C(N)OC(c2ccccc2)=CC1c1ccccc1. The van der Waals surface area contributed by atoms with Crippen molar-refractivity contribution in [1.82, 2.24) is 0 Å². The van der Waals surface area contributed by atoms with E-state index in [0.29, 0.717) is 11.3 Å². The highest BCUT2D eigenvalue weighted by Gasteiger charge is 2.25. The summed E-state index contributed by atoms with van der Waals surface area (Å²) in [7, 11) is 0. The van der Waals surface area contributed by atoms with E-state index in [0.717, 1.165) is 11.1 Å². The Hall–Kier alpha value is -2.99. The second-order valence-electron chi connectivity index (χ2n) is 4.78. The maximum atomic E-state index is 9.35. The normalized spacial score (nSPS) is 17.7. The predicted molar refractivity (Wildman–Crippen MR) is 81.5 cm³/mol. The van der Waals surface area contributed by atoms with Gasteiger partial charge < -0.3 is 10.5 Å². The largest absolute Gasteiger partial charge is 0.440 e. The molecule has 0 amide bonds. The molecule has 21 heavy (non-hydrogen) atoms. The van der Waals surface area contributed by atoms with Gasteiger partial charge >= 0.3 is 0 Å². The average Bonchev–Trinajstić information content (AvgIpc) is 2.55. The molecule has 1 atom stereocenters. The molecule has 1 heterocycles. The topological polar surface area (TPSA) is 59.0 Å². The van der Waals surface area contributed by atoms with E-state index in [9.17, 15) is 5.26 Å². The molecule has 3 rings (SSSR count). The fraction of sp³-hybridized carbons (Fsp3) is 0.0556. The van der Waals surface area contributed by atoms with Crippen LogP contribution in [0.1, 0.15) is 17.0 Å². The van der Waals surface area contributed by atoms with Gasteiger partial charge in [0, 0.05) is 11.5 Å². The summed E-state index contributed by atoms with van der Waals surface area (Å²) < 4.78 is 5.62. The molecule has 0 saturated carbocycles. The first-order valence-electron chi connectivity index (χ1n) is 6.69. The standard InChI is InChI=1S/C18H14N2O/c19-12-16-15(13-7-3-1-4-8-13)11-17(21-18(16)20)14-9-5-2-6-10-14/h1-11,15H,20H2. The first-order chi connectivity index (χ1) is 10.3. The fourth-order valence-corrected chi connectivity index (χ4v) is 2.40. The van der Waals surface area contributed by atoms with Crippen molar-refractivity contribution in [3.8, 4) is 6.07 Å². The Morgan fingerprint density at radius 3 is 2.19 bits per heavy atom. The molecule has 3 nitrogen and oxygen atoms in total. The van der Waals surface area contributed by atoms with Crippen LogP contribution in [-0.2, 0) is 4.74 Å². The van der Waals surface area contributed by atoms with Gasteiger partial charge in [-0.05, 0) is 11.6 Å². The summed E-state index contributed by atoms with van der Waals surface area (Å²) in [6.45, 7) is 0. The lowest BCUT2D eigenvalue weighted by Gasteiger charge is -2.23. The zero-order valence-electron chi connectivity index (χ0n) is 11.4. The second-order valence-corrected chi connectivity index (χ2v) is 4.78. The number of ether oxygens (including phenoxy) is 1. The molecule has 0 bridgehead atoms. The van der Waals surface area contributed by atoms with Gasteiger partial charge in [0.25, 0.3) is 0 Å². The minimum absolute atomic E-state index is 0.174.